The van der Waals surface area contributed by atoms with E-state index in [1.165, 1.54) is 11.1 Å². The van der Waals surface area contributed by atoms with Gasteiger partial charge in [0.05, 0.1) is 11.0 Å². The second-order valence-electron chi connectivity index (χ2n) is 4.80. The Morgan fingerprint density at radius 1 is 1.11 bits per heavy atom. The molecule has 96 valence electrons. The Morgan fingerprint density at radius 2 is 1.89 bits per heavy atom. The lowest BCUT2D eigenvalue weighted by Gasteiger charge is -2.09. The minimum Gasteiger partial charge on any atom is -0.324 e. The summed E-state index contributed by atoms with van der Waals surface area (Å²) < 4.78 is 2.21. The number of halogens is 1. The first-order valence-electron chi connectivity index (χ1n) is 6.32. The number of nitrogens with zero attached hydrogens (tertiary/aromatic N) is 2. The molecule has 19 heavy (non-hydrogen) atoms. The summed E-state index contributed by atoms with van der Waals surface area (Å²) in [5, 5.41) is 0.749. The van der Waals surface area contributed by atoms with E-state index in [4.69, 9.17) is 11.6 Å². The number of benzene rings is 2. The normalized spacial score (nSPS) is 11.1. The average molecular weight is 271 g/mol. The summed E-state index contributed by atoms with van der Waals surface area (Å²) in [6.07, 6.45) is 0. The third kappa shape index (κ3) is 2.24. The predicted octanol–water partition coefficient (Wildman–Crippen LogP) is 4.35. The van der Waals surface area contributed by atoms with E-state index in [2.05, 4.69) is 40.7 Å². The van der Waals surface area contributed by atoms with E-state index < -0.39 is 0 Å². The minimum absolute atomic E-state index is 0.749. The van der Waals surface area contributed by atoms with Crippen molar-refractivity contribution in [2.24, 2.45) is 0 Å². The number of rotatable bonds is 2. The Kier molecular flexibility index (Phi) is 3.03. The van der Waals surface area contributed by atoms with E-state index in [1.54, 1.807) is 0 Å². The molecule has 0 spiro atoms. The van der Waals surface area contributed by atoms with Crippen LogP contribution < -0.4 is 0 Å². The zero-order chi connectivity index (χ0) is 13.4. The van der Waals surface area contributed by atoms with Gasteiger partial charge in [-0.2, -0.15) is 0 Å². The van der Waals surface area contributed by atoms with Crippen molar-refractivity contribution in [2.45, 2.75) is 20.4 Å². The highest BCUT2D eigenvalue weighted by Crippen LogP contribution is 2.22. The largest absolute Gasteiger partial charge is 0.324 e. The highest BCUT2D eigenvalue weighted by atomic mass is 35.5. The number of fused-ring (bicyclic) bond motifs is 1. The van der Waals surface area contributed by atoms with Gasteiger partial charge in [-0.25, -0.2) is 4.98 Å². The standard InChI is InChI=1S/C16H15ClN2/c1-11-5-3-4-6-13(11)10-19-12(2)18-15-8-7-14(17)9-16(15)19/h3-9H,10H2,1-2H3. The van der Waals surface area contributed by atoms with Crippen LogP contribution in [0.15, 0.2) is 42.5 Å². The van der Waals surface area contributed by atoms with Crippen molar-refractivity contribution < 1.29 is 0 Å². The molecule has 0 aliphatic rings. The van der Waals surface area contributed by atoms with Crippen LogP contribution in [0.1, 0.15) is 17.0 Å². The molecule has 1 heterocycles. The molecule has 3 rings (SSSR count). The van der Waals surface area contributed by atoms with Crippen molar-refractivity contribution >= 4 is 22.6 Å². The highest BCUT2D eigenvalue weighted by molar-refractivity contribution is 6.31. The molecule has 0 amide bonds. The van der Waals surface area contributed by atoms with Gasteiger partial charge in [0, 0.05) is 11.6 Å². The molecule has 3 heteroatoms. The van der Waals surface area contributed by atoms with Gasteiger partial charge in [-0.1, -0.05) is 35.9 Å². The molecule has 0 saturated carbocycles. The smallest absolute Gasteiger partial charge is 0.107 e. The van der Waals surface area contributed by atoms with Gasteiger partial charge in [-0.05, 0) is 43.2 Å². The van der Waals surface area contributed by atoms with Crippen molar-refractivity contribution in [3.8, 4) is 0 Å². The van der Waals surface area contributed by atoms with Crippen LogP contribution in [0.3, 0.4) is 0 Å². The zero-order valence-corrected chi connectivity index (χ0v) is 11.8. The third-order valence-electron chi connectivity index (χ3n) is 3.49. The number of imidazole rings is 1. The van der Waals surface area contributed by atoms with E-state index in [0.717, 1.165) is 28.4 Å². The molecule has 0 atom stereocenters. The van der Waals surface area contributed by atoms with Gasteiger partial charge in [-0.15, -0.1) is 0 Å². The molecule has 0 N–H and O–H groups in total. The fourth-order valence-electron chi connectivity index (χ4n) is 2.37. The minimum atomic E-state index is 0.749. The first-order valence-corrected chi connectivity index (χ1v) is 6.70. The number of hydrogen-bond donors (Lipinski definition) is 0. The molecular formula is C16H15ClN2. The molecule has 0 fully saturated rings. The molecule has 0 unspecified atom stereocenters. The van der Waals surface area contributed by atoms with Gasteiger partial charge in [0.25, 0.3) is 0 Å². The van der Waals surface area contributed by atoms with Gasteiger partial charge in [0.15, 0.2) is 0 Å². The zero-order valence-electron chi connectivity index (χ0n) is 11.0. The van der Waals surface area contributed by atoms with Crippen LogP contribution in [0, 0.1) is 13.8 Å². The van der Waals surface area contributed by atoms with Crippen LogP contribution >= 0.6 is 11.6 Å². The molecule has 0 radical (unpaired) electrons. The van der Waals surface area contributed by atoms with Crippen LogP contribution in [-0.2, 0) is 6.54 Å². The third-order valence-corrected chi connectivity index (χ3v) is 3.73. The molecule has 1 aromatic heterocycles. The van der Waals surface area contributed by atoms with E-state index in [9.17, 15) is 0 Å². The SMILES string of the molecule is Cc1ccccc1Cn1c(C)nc2ccc(Cl)cc21. The Bertz CT molecular complexity index is 744. The summed E-state index contributed by atoms with van der Waals surface area (Å²) in [6, 6.07) is 14.3. The van der Waals surface area contributed by atoms with Crippen LogP contribution in [0.25, 0.3) is 11.0 Å². The Balaban J connectivity index is 2.12. The summed E-state index contributed by atoms with van der Waals surface area (Å²) in [5.41, 5.74) is 4.69. The Labute approximate surface area is 117 Å². The molecule has 3 aromatic rings. The topological polar surface area (TPSA) is 17.8 Å². The van der Waals surface area contributed by atoms with Gasteiger partial charge < -0.3 is 4.57 Å². The second kappa shape index (κ2) is 4.71. The number of aromatic nitrogens is 2. The summed E-state index contributed by atoms with van der Waals surface area (Å²) in [6.45, 7) is 5.00. The molecule has 0 aliphatic carbocycles. The van der Waals surface area contributed by atoms with Gasteiger partial charge >= 0.3 is 0 Å². The Hall–Kier alpha value is -1.80. The van der Waals surface area contributed by atoms with E-state index in [0.29, 0.717) is 0 Å². The number of hydrogen-bond acceptors (Lipinski definition) is 1. The van der Waals surface area contributed by atoms with Crippen molar-refractivity contribution in [3.05, 3.63) is 64.4 Å². The predicted molar refractivity (Wildman–Crippen MR) is 79.8 cm³/mol. The lowest BCUT2D eigenvalue weighted by Crippen LogP contribution is -2.03. The second-order valence-corrected chi connectivity index (χ2v) is 5.24. The highest BCUT2D eigenvalue weighted by Gasteiger charge is 2.09. The maximum atomic E-state index is 6.09. The molecule has 0 saturated heterocycles. The summed E-state index contributed by atoms with van der Waals surface area (Å²) >= 11 is 6.09. The van der Waals surface area contributed by atoms with Crippen molar-refractivity contribution in [1.82, 2.24) is 9.55 Å². The first kappa shape index (κ1) is 12.2. The fourth-order valence-corrected chi connectivity index (χ4v) is 2.54. The van der Waals surface area contributed by atoms with E-state index in [-0.39, 0.29) is 0 Å². The van der Waals surface area contributed by atoms with Crippen molar-refractivity contribution in [1.29, 1.82) is 0 Å². The monoisotopic (exact) mass is 270 g/mol. The van der Waals surface area contributed by atoms with Gasteiger partial charge in [0.1, 0.15) is 5.82 Å². The molecule has 2 aromatic carbocycles. The quantitative estimate of drug-likeness (QED) is 0.677. The van der Waals surface area contributed by atoms with Crippen LogP contribution in [-0.4, -0.2) is 9.55 Å². The van der Waals surface area contributed by atoms with Crippen LogP contribution in [0.5, 0.6) is 0 Å². The maximum Gasteiger partial charge on any atom is 0.107 e. The average Bonchev–Trinajstić information content (AvgIpc) is 2.69. The first-order chi connectivity index (χ1) is 9.15. The number of aryl methyl sites for hydroxylation is 2. The summed E-state index contributed by atoms with van der Waals surface area (Å²) in [5.74, 6) is 1.01. The molecule has 0 aliphatic heterocycles. The maximum absolute atomic E-state index is 6.09. The van der Waals surface area contributed by atoms with E-state index >= 15 is 0 Å². The summed E-state index contributed by atoms with van der Waals surface area (Å²) in [4.78, 5) is 4.58. The lowest BCUT2D eigenvalue weighted by atomic mass is 10.1. The van der Waals surface area contributed by atoms with E-state index in [1.807, 2.05) is 25.1 Å². The Morgan fingerprint density at radius 3 is 2.68 bits per heavy atom. The summed E-state index contributed by atoms with van der Waals surface area (Å²) in [7, 11) is 0. The molecule has 2 nitrogen and oxygen atoms in total. The van der Waals surface area contributed by atoms with Crippen molar-refractivity contribution in [3.63, 3.8) is 0 Å². The molecular weight excluding hydrogens is 256 g/mol. The fraction of sp³-hybridized carbons (Fsp3) is 0.188. The van der Waals surface area contributed by atoms with Gasteiger partial charge in [0.2, 0.25) is 0 Å². The lowest BCUT2D eigenvalue weighted by molar-refractivity contribution is 0.781. The van der Waals surface area contributed by atoms with Gasteiger partial charge in [-0.3, -0.25) is 0 Å². The molecule has 0 bridgehead atoms. The van der Waals surface area contributed by atoms with Crippen LogP contribution in [0.4, 0.5) is 0 Å². The van der Waals surface area contributed by atoms with Crippen LogP contribution in [0.2, 0.25) is 5.02 Å². The van der Waals surface area contributed by atoms with Crippen molar-refractivity contribution in [2.75, 3.05) is 0 Å².